The maximum Gasteiger partial charge on any atom is 0.251 e. The lowest BCUT2D eigenvalue weighted by molar-refractivity contribution is -0.146. The first-order valence-electron chi connectivity index (χ1n) is 9.14. The van der Waals surface area contributed by atoms with Crippen LogP contribution in [0.15, 0.2) is 54.6 Å². The van der Waals surface area contributed by atoms with E-state index in [1.54, 1.807) is 7.11 Å². The fourth-order valence-electron chi connectivity index (χ4n) is 2.74. The third-order valence-electron chi connectivity index (χ3n) is 4.58. The van der Waals surface area contributed by atoms with Gasteiger partial charge in [-0.25, -0.2) is 0 Å². The molecule has 0 aliphatic rings. The van der Waals surface area contributed by atoms with Gasteiger partial charge in [0.25, 0.3) is 5.91 Å². The summed E-state index contributed by atoms with van der Waals surface area (Å²) in [5.41, 5.74) is 2.11. The van der Waals surface area contributed by atoms with Crippen molar-refractivity contribution in [3.8, 4) is 5.75 Å². The van der Waals surface area contributed by atoms with Crippen LogP contribution >= 0.6 is 0 Å². The number of methoxy groups -OCH3 is 1. The summed E-state index contributed by atoms with van der Waals surface area (Å²) in [6, 6.07) is 17.9. The number of ether oxygens (including phenoxy) is 2. The molecule has 4 nitrogen and oxygen atoms in total. The summed E-state index contributed by atoms with van der Waals surface area (Å²) in [7, 11) is 1.64. The van der Waals surface area contributed by atoms with Crippen LogP contribution in [0.3, 0.4) is 0 Å². The number of benzene rings is 2. The van der Waals surface area contributed by atoms with Gasteiger partial charge in [0.1, 0.15) is 11.9 Å². The van der Waals surface area contributed by atoms with Gasteiger partial charge in [-0.2, -0.15) is 0 Å². The Bertz CT molecular complexity index is 687. The molecular weight excluding hydrogens is 326 g/mol. The van der Waals surface area contributed by atoms with Crippen molar-refractivity contribution >= 4 is 5.91 Å². The molecule has 0 saturated carbocycles. The highest BCUT2D eigenvalue weighted by Gasteiger charge is 2.25. The Hall–Kier alpha value is -2.33. The van der Waals surface area contributed by atoms with Crippen LogP contribution in [0.5, 0.6) is 5.75 Å². The lowest BCUT2D eigenvalue weighted by Gasteiger charge is -2.31. The zero-order chi connectivity index (χ0) is 18.9. The third-order valence-corrected chi connectivity index (χ3v) is 4.58. The van der Waals surface area contributed by atoms with E-state index in [1.165, 1.54) is 0 Å². The van der Waals surface area contributed by atoms with Crippen molar-refractivity contribution in [3.63, 3.8) is 0 Å². The molecule has 1 amide bonds. The van der Waals surface area contributed by atoms with Crippen LogP contribution in [-0.2, 0) is 22.7 Å². The van der Waals surface area contributed by atoms with Gasteiger partial charge in [-0.05, 0) is 43.5 Å². The first kappa shape index (κ1) is 20.0. The summed E-state index contributed by atoms with van der Waals surface area (Å²) in [4.78, 5) is 14.9. The molecule has 140 valence electrons. The van der Waals surface area contributed by atoms with Gasteiger partial charge in [0, 0.05) is 12.6 Å². The molecule has 0 aliphatic heterocycles. The summed E-state index contributed by atoms with van der Waals surface area (Å²) >= 11 is 0. The van der Waals surface area contributed by atoms with Gasteiger partial charge in [0.15, 0.2) is 0 Å². The molecule has 4 heteroatoms. The fraction of sp³-hybridized carbons (Fsp3) is 0.409. The second-order valence-electron chi connectivity index (χ2n) is 6.51. The Labute approximate surface area is 156 Å². The molecule has 26 heavy (non-hydrogen) atoms. The first-order valence-corrected chi connectivity index (χ1v) is 9.14. The largest absolute Gasteiger partial charge is 0.497 e. The molecular formula is C22H29NO3. The van der Waals surface area contributed by atoms with E-state index in [4.69, 9.17) is 9.47 Å². The average Bonchev–Trinajstić information content (AvgIpc) is 2.70. The summed E-state index contributed by atoms with van der Waals surface area (Å²) in [6.07, 6.45) is 0.403. The molecule has 0 radical (unpaired) electrons. The lowest BCUT2D eigenvalue weighted by Crippen LogP contribution is -2.43. The van der Waals surface area contributed by atoms with E-state index in [9.17, 15) is 4.79 Å². The Morgan fingerprint density at radius 2 is 1.73 bits per heavy atom. The number of hydrogen-bond acceptors (Lipinski definition) is 3. The van der Waals surface area contributed by atoms with E-state index in [0.717, 1.165) is 23.3 Å². The molecule has 2 unspecified atom stereocenters. The van der Waals surface area contributed by atoms with Gasteiger partial charge >= 0.3 is 0 Å². The van der Waals surface area contributed by atoms with E-state index in [0.29, 0.717) is 13.2 Å². The summed E-state index contributed by atoms with van der Waals surface area (Å²) in [5.74, 6) is 0.807. The Balaban J connectivity index is 2.01. The lowest BCUT2D eigenvalue weighted by atomic mass is 10.1. The van der Waals surface area contributed by atoms with E-state index in [-0.39, 0.29) is 11.9 Å². The zero-order valence-corrected chi connectivity index (χ0v) is 16.1. The number of hydrogen-bond donors (Lipinski definition) is 0. The molecule has 2 rings (SSSR count). The maximum absolute atomic E-state index is 13.0. The second-order valence-corrected chi connectivity index (χ2v) is 6.51. The fourth-order valence-corrected chi connectivity index (χ4v) is 2.74. The van der Waals surface area contributed by atoms with E-state index >= 15 is 0 Å². The second kappa shape index (κ2) is 9.97. The average molecular weight is 355 g/mol. The minimum Gasteiger partial charge on any atom is -0.497 e. The predicted molar refractivity (Wildman–Crippen MR) is 104 cm³/mol. The highest BCUT2D eigenvalue weighted by Crippen LogP contribution is 2.16. The predicted octanol–water partition coefficient (Wildman–Crippen LogP) is 4.43. The van der Waals surface area contributed by atoms with Crippen LogP contribution in [0, 0.1) is 0 Å². The quantitative estimate of drug-likeness (QED) is 0.668. The standard InChI is InChI=1S/C22H29NO3/c1-5-17(2)23(15-19-10-7-6-8-11-19)22(24)18(3)26-16-20-12-9-13-21(14-20)25-4/h6-14,17-18H,5,15-16H2,1-4H3. The smallest absolute Gasteiger partial charge is 0.251 e. The zero-order valence-electron chi connectivity index (χ0n) is 16.1. The molecule has 0 heterocycles. The molecule has 0 fully saturated rings. The van der Waals surface area contributed by atoms with Crippen molar-refractivity contribution in [1.82, 2.24) is 4.90 Å². The number of nitrogens with zero attached hydrogens (tertiary/aromatic N) is 1. The molecule has 0 aromatic heterocycles. The SMILES string of the molecule is CCC(C)N(Cc1ccccc1)C(=O)C(C)OCc1cccc(OC)c1. The van der Waals surface area contributed by atoms with Crippen LogP contribution in [0.4, 0.5) is 0 Å². The Kier molecular flexibility index (Phi) is 7.67. The van der Waals surface area contributed by atoms with Crippen LogP contribution in [0.2, 0.25) is 0 Å². The Morgan fingerprint density at radius 1 is 1.04 bits per heavy atom. The summed E-state index contributed by atoms with van der Waals surface area (Å²) in [6.45, 7) is 6.97. The number of amides is 1. The molecule has 0 spiro atoms. The van der Waals surface area contributed by atoms with Crippen LogP contribution in [0.25, 0.3) is 0 Å². The van der Waals surface area contributed by atoms with Crippen LogP contribution in [-0.4, -0.2) is 30.1 Å². The number of carbonyl (C=O) groups excluding carboxylic acids is 1. The summed E-state index contributed by atoms with van der Waals surface area (Å²) < 4.78 is 11.1. The normalized spacial score (nSPS) is 13.1. The molecule has 2 aromatic carbocycles. The van der Waals surface area contributed by atoms with Gasteiger partial charge in [-0.3, -0.25) is 4.79 Å². The maximum atomic E-state index is 13.0. The van der Waals surface area contributed by atoms with Crippen LogP contribution in [0.1, 0.15) is 38.3 Å². The van der Waals surface area contributed by atoms with Crippen molar-refractivity contribution < 1.29 is 14.3 Å². The third kappa shape index (κ3) is 5.60. The molecule has 0 aliphatic carbocycles. The molecule has 2 aromatic rings. The van der Waals surface area contributed by atoms with Crippen molar-refractivity contribution in [2.45, 2.75) is 52.5 Å². The van der Waals surface area contributed by atoms with E-state index < -0.39 is 6.10 Å². The van der Waals surface area contributed by atoms with Gasteiger partial charge in [0.05, 0.1) is 13.7 Å². The Morgan fingerprint density at radius 3 is 2.38 bits per heavy atom. The minimum atomic E-state index is -0.501. The highest BCUT2D eigenvalue weighted by molar-refractivity contribution is 5.80. The van der Waals surface area contributed by atoms with Crippen molar-refractivity contribution in [2.75, 3.05) is 7.11 Å². The number of carbonyl (C=O) groups is 1. The highest BCUT2D eigenvalue weighted by atomic mass is 16.5. The molecule has 0 saturated heterocycles. The van der Waals surface area contributed by atoms with E-state index in [2.05, 4.69) is 13.8 Å². The minimum absolute atomic E-state index is 0.0195. The number of rotatable bonds is 9. The monoisotopic (exact) mass is 355 g/mol. The van der Waals surface area contributed by atoms with Gasteiger partial charge in [-0.15, -0.1) is 0 Å². The van der Waals surface area contributed by atoms with Crippen LogP contribution < -0.4 is 4.74 Å². The van der Waals surface area contributed by atoms with Crippen molar-refractivity contribution in [1.29, 1.82) is 0 Å². The molecule has 2 atom stereocenters. The summed E-state index contributed by atoms with van der Waals surface area (Å²) in [5, 5.41) is 0. The van der Waals surface area contributed by atoms with Gasteiger partial charge < -0.3 is 14.4 Å². The molecule has 0 bridgehead atoms. The topological polar surface area (TPSA) is 38.8 Å². The van der Waals surface area contributed by atoms with Gasteiger partial charge in [0.2, 0.25) is 0 Å². The van der Waals surface area contributed by atoms with Crippen molar-refractivity contribution in [2.24, 2.45) is 0 Å². The molecule has 0 N–H and O–H groups in total. The van der Waals surface area contributed by atoms with Crippen molar-refractivity contribution in [3.05, 3.63) is 65.7 Å². The van der Waals surface area contributed by atoms with Gasteiger partial charge in [-0.1, -0.05) is 49.4 Å². The first-order chi connectivity index (χ1) is 12.5. The van der Waals surface area contributed by atoms with E-state index in [1.807, 2.05) is 66.4 Å².